The van der Waals surface area contributed by atoms with Crippen molar-refractivity contribution in [1.29, 1.82) is 0 Å². The van der Waals surface area contributed by atoms with E-state index in [9.17, 15) is 9.59 Å². The first-order chi connectivity index (χ1) is 13.6. The average Bonchev–Trinajstić information content (AvgIpc) is 3.20. The molecule has 1 aromatic heterocycles. The fourth-order valence-electron chi connectivity index (χ4n) is 5.58. The summed E-state index contributed by atoms with van der Waals surface area (Å²) in [6.07, 6.45) is 9.76. The van der Waals surface area contributed by atoms with E-state index in [4.69, 9.17) is 0 Å². The van der Waals surface area contributed by atoms with E-state index >= 15 is 0 Å². The lowest BCUT2D eigenvalue weighted by atomic mass is 9.62. The van der Waals surface area contributed by atoms with E-state index in [1.807, 2.05) is 11.2 Å². The van der Waals surface area contributed by atoms with E-state index < -0.39 is 0 Å². The van der Waals surface area contributed by atoms with Gasteiger partial charge in [-0.2, -0.15) is 0 Å². The zero-order valence-electron chi connectivity index (χ0n) is 16.8. The Kier molecular flexibility index (Phi) is 4.43. The van der Waals surface area contributed by atoms with Gasteiger partial charge in [-0.3, -0.25) is 9.59 Å². The molecule has 28 heavy (non-hydrogen) atoms. The zero-order chi connectivity index (χ0) is 19.3. The van der Waals surface area contributed by atoms with Crippen LogP contribution < -0.4 is 0 Å². The number of amides is 2. The molecule has 5 rings (SSSR count). The van der Waals surface area contributed by atoms with E-state index in [0.717, 1.165) is 44.2 Å². The molecule has 2 saturated heterocycles. The van der Waals surface area contributed by atoms with Crippen LogP contribution in [0.5, 0.6) is 0 Å². The predicted molar refractivity (Wildman–Crippen MR) is 103 cm³/mol. The molecule has 1 spiro atoms. The van der Waals surface area contributed by atoms with E-state index in [0.29, 0.717) is 24.9 Å². The lowest BCUT2D eigenvalue weighted by molar-refractivity contribution is -0.139. The van der Waals surface area contributed by atoms with Crippen LogP contribution in [0.15, 0.2) is 6.33 Å². The Morgan fingerprint density at radius 3 is 2.50 bits per heavy atom. The van der Waals surface area contributed by atoms with E-state index in [2.05, 4.69) is 19.7 Å². The summed E-state index contributed by atoms with van der Waals surface area (Å²) in [5.41, 5.74) is 0.212. The van der Waals surface area contributed by atoms with Crippen LogP contribution in [0, 0.1) is 17.3 Å². The highest BCUT2D eigenvalue weighted by Crippen LogP contribution is 2.55. The summed E-state index contributed by atoms with van der Waals surface area (Å²) in [4.78, 5) is 28.8. The molecule has 152 valence electrons. The maximum atomic E-state index is 13.3. The average molecular weight is 386 g/mol. The number of carbonyl (C=O) groups is 2. The first kappa shape index (κ1) is 18.1. The molecule has 2 saturated carbocycles. The molecule has 0 N–H and O–H groups in total. The minimum Gasteiger partial charge on any atom is -0.343 e. The minimum atomic E-state index is 0.0656. The van der Waals surface area contributed by atoms with Gasteiger partial charge < -0.3 is 14.4 Å². The van der Waals surface area contributed by atoms with E-state index in [1.165, 1.54) is 32.1 Å². The SMILES string of the molecule is CC(=O)N1CCC(C(=O)N2CC(c3nncn3CC3CC3)C3(CCC3)C2)CC1. The normalized spacial score (nSPS) is 27.2. The quantitative estimate of drug-likeness (QED) is 0.795. The van der Waals surface area contributed by atoms with Gasteiger partial charge in [0.1, 0.15) is 12.2 Å². The molecule has 3 heterocycles. The molecule has 2 amide bonds. The van der Waals surface area contributed by atoms with E-state index in [-0.39, 0.29) is 17.2 Å². The number of hydrogen-bond acceptors (Lipinski definition) is 4. The zero-order valence-corrected chi connectivity index (χ0v) is 16.8. The van der Waals surface area contributed by atoms with Crippen LogP contribution in [0.4, 0.5) is 0 Å². The molecule has 1 aromatic rings. The largest absolute Gasteiger partial charge is 0.343 e. The molecular formula is C21H31N5O2. The van der Waals surface area contributed by atoms with Gasteiger partial charge in [-0.1, -0.05) is 6.42 Å². The third kappa shape index (κ3) is 3.12. The van der Waals surface area contributed by atoms with Gasteiger partial charge in [-0.05, 0) is 49.9 Å². The molecule has 2 aliphatic heterocycles. The van der Waals surface area contributed by atoms with Gasteiger partial charge >= 0.3 is 0 Å². The lowest BCUT2D eigenvalue weighted by Gasteiger charge is -2.42. The van der Waals surface area contributed by atoms with Crippen LogP contribution in [0.3, 0.4) is 0 Å². The second kappa shape index (κ2) is 6.85. The summed E-state index contributed by atoms with van der Waals surface area (Å²) < 4.78 is 2.27. The summed E-state index contributed by atoms with van der Waals surface area (Å²) in [5.74, 6) is 2.70. The van der Waals surface area contributed by atoms with Crippen molar-refractivity contribution in [3.63, 3.8) is 0 Å². The molecule has 1 atom stereocenters. The number of aromatic nitrogens is 3. The first-order valence-electron chi connectivity index (χ1n) is 11.0. The summed E-state index contributed by atoms with van der Waals surface area (Å²) in [5, 5.41) is 8.75. The Morgan fingerprint density at radius 1 is 1.14 bits per heavy atom. The molecule has 4 aliphatic rings. The number of carbonyl (C=O) groups excluding carboxylic acids is 2. The molecule has 1 unspecified atom stereocenters. The third-order valence-electron chi connectivity index (χ3n) is 7.71. The molecule has 7 heteroatoms. The van der Waals surface area contributed by atoms with Crippen LogP contribution in [0.25, 0.3) is 0 Å². The highest BCUT2D eigenvalue weighted by atomic mass is 16.2. The number of likely N-dealkylation sites (tertiary alicyclic amines) is 2. The van der Waals surface area contributed by atoms with Crippen molar-refractivity contribution in [2.75, 3.05) is 26.2 Å². The van der Waals surface area contributed by atoms with Gasteiger partial charge in [0.25, 0.3) is 0 Å². The maximum Gasteiger partial charge on any atom is 0.225 e. The summed E-state index contributed by atoms with van der Waals surface area (Å²) in [7, 11) is 0. The highest BCUT2D eigenvalue weighted by Gasteiger charge is 2.54. The Labute approximate surface area is 166 Å². The lowest BCUT2D eigenvalue weighted by Crippen LogP contribution is -2.44. The fraction of sp³-hybridized carbons (Fsp3) is 0.810. The van der Waals surface area contributed by atoms with Gasteiger partial charge in [-0.25, -0.2) is 0 Å². The molecule has 2 aliphatic carbocycles. The Morgan fingerprint density at radius 2 is 1.89 bits per heavy atom. The molecule has 0 bridgehead atoms. The minimum absolute atomic E-state index is 0.0656. The van der Waals surface area contributed by atoms with Crippen LogP contribution in [-0.2, 0) is 16.1 Å². The van der Waals surface area contributed by atoms with Gasteiger partial charge in [0.15, 0.2) is 0 Å². The van der Waals surface area contributed by atoms with Gasteiger partial charge in [0, 0.05) is 51.5 Å². The number of hydrogen-bond donors (Lipinski definition) is 0. The fourth-order valence-corrected chi connectivity index (χ4v) is 5.58. The monoisotopic (exact) mass is 385 g/mol. The molecule has 0 radical (unpaired) electrons. The highest BCUT2D eigenvalue weighted by molar-refractivity contribution is 5.80. The van der Waals surface area contributed by atoms with Crippen molar-refractivity contribution < 1.29 is 9.59 Å². The molecule has 4 fully saturated rings. The summed E-state index contributed by atoms with van der Waals surface area (Å²) in [6.45, 7) is 5.74. The number of rotatable bonds is 4. The Hall–Kier alpha value is -1.92. The second-order valence-corrected chi connectivity index (χ2v) is 9.55. The van der Waals surface area contributed by atoms with Crippen LogP contribution in [-0.4, -0.2) is 62.6 Å². The van der Waals surface area contributed by atoms with Crippen LogP contribution >= 0.6 is 0 Å². The molecule has 7 nitrogen and oxygen atoms in total. The van der Waals surface area contributed by atoms with E-state index in [1.54, 1.807) is 6.92 Å². The number of piperidine rings is 1. The van der Waals surface area contributed by atoms with Gasteiger partial charge in [0.05, 0.1) is 0 Å². The second-order valence-electron chi connectivity index (χ2n) is 9.55. The summed E-state index contributed by atoms with van der Waals surface area (Å²) >= 11 is 0. The maximum absolute atomic E-state index is 13.3. The number of nitrogens with zero attached hydrogens (tertiary/aromatic N) is 5. The van der Waals surface area contributed by atoms with Crippen molar-refractivity contribution in [2.45, 2.75) is 64.3 Å². The Balaban J connectivity index is 1.30. The summed E-state index contributed by atoms with van der Waals surface area (Å²) in [6, 6.07) is 0. The third-order valence-corrected chi connectivity index (χ3v) is 7.71. The van der Waals surface area contributed by atoms with Crippen molar-refractivity contribution in [1.82, 2.24) is 24.6 Å². The molecule has 0 aromatic carbocycles. The van der Waals surface area contributed by atoms with Crippen molar-refractivity contribution in [2.24, 2.45) is 17.3 Å². The smallest absolute Gasteiger partial charge is 0.225 e. The van der Waals surface area contributed by atoms with Gasteiger partial charge in [-0.15, -0.1) is 10.2 Å². The predicted octanol–water partition coefficient (Wildman–Crippen LogP) is 2.04. The van der Waals surface area contributed by atoms with Crippen molar-refractivity contribution >= 4 is 11.8 Å². The van der Waals surface area contributed by atoms with Crippen LogP contribution in [0.2, 0.25) is 0 Å². The molecular weight excluding hydrogens is 354 g/mol. The topological polar surface area (TPSA) is 71.3 Å². The van der Waals surface area contributed by atoms with Crippen molar-refractivity contribution in [3.8, 4) is 0 Å². The first-order valence-corrected chi connectivity index (χ1v) is 11.0. The van der Waals surface area contributed by atoms with Gasteiger partial charge in [0.2, 0.25) is 11.8 Å². The Bertz CT molecular complexity index is 759. The van der Waals surface area contributed by atoms with Crippen molar-refractivity contribution in [3.05, 3.63) is 12.2 Å². The van der Waals surface area contributed by atoms with Crippen LogP contribution in [0.1, 0.15) is 63.6 Å². The standard InChI is InChI=1S/C21H31N5O2/c1-15(27)24-9-5-17(6-10-24)20(28)25-12-18(21(13-25)7-2-8-21)19-23-22-14-26(19)11-16-3-4-16/h14,16-18H,2-13H2,1H3.